The highest BCUT2D eigenvalue weighted by molar-refractivity contribution is 7.98. The number of anilines is 1. The molecule has 2 heterocycles. The van der Waals surface area contributed by atoms with Crippen molar-refractivity contribution >= 4 is 23.5 Å². The van der Waals surface area contributed by atoms with Gasteiger partial charge in [0.25, 0.3) is 0 Å². The Hall–Kier alpha value is -1.30. The number of hydrogen-bond donors (Lipinski definition) is 1. The van der Waals surface area contributed by atoms with Crippen LogP contribution in [0.15, 0.2) is 12.4 Å². The predicted octanol–water partition coefficient (Wildman–Crippen LogP) is 2.32. The maximum absolute atomic E-state index is 11.3. The fraction of sp³-hybridized carbons (Fsp3) is 0.643. The third-order valence-corrected chi connectivity index (χ3v) is 4.70. The summed E-state index contributed by atoms with van der Waals surface area (Å²) >= 11 is 1.77. The molecule has 0 aromatic carbocycles. The number of nitrogens with zero attached hydrogens (tertiary/aromatic N) is 3. The van der Waals surface area contributed by atoms with Crippen molar-refractivity contribution in [2.24, 2.45) is 0 Å². The molecule has 0 bridgehead atoms. The van der Waals surface area contributed by atoms with Gasteiger partial charge in [-0.2, -0.15) is 11.8 Å². The molecule has 1 aliphatic heterocycles. The molecule has 1 unspecified atom stereocenters. The fourth-order valence-electron chi connectivity index (χ4n) is 2.34. The van der Waals surface area contributed by atoms with Gasteiger partial charge < -0.3 is 10.2 Å². The lowest BCUT2D eigenvalue weighted by molar-refractivity contribution is -0.129. The molecule has 1 fully saturated rings. The zero-order valence-electron chi connectivity index (χ0n) is 12.3. The maximum Gasteiger partial charge on any atom is 0.219 e. The van der Waals surface area contributed by atoms with Gasteiger partial charge in [-0.1, -0.05) is 0 Å². The van der Waals surface area contributed by atoms with E-state index in [-0.39, 0.29) is 5.91 Å². The smallest absolute Gasteiger partial charge is 0.219 e. The largest absolute Gasteiger partial charge is 0.367 e. The number of nitrogens with one attached hydrogen (secondary N) is 1. The van der Waals surface area contributed by atoms with Gasteiger partial charge in [0.15, 0.2) is 0 Å². The first kappa shape index (κ1) is 15.1. The lowest BCUT2D eigenvalue weighted by Gasteiger charge is -2.32. The second-order valence-corrected chi connectivity index (χ2v) is 6.31. The van der Waals surface area contributed by atoms with E-state index in [1.54, 1.807) is 25.0 Å². The van der Waals surface area contributed by atoms with Crippen molar-refractivity contribution in [3.63, 3.8) is 0 Å². The van der Waals surface area contributed by atoms with Crippen molar-refractivity contribution < 1.29 is 4.79 Å². The zero-order valence-corrected chi connectivity index (χ0v) is 13.1. The Labute approximate surface area is 124 Å². The van der Waals surface area contributed by atoms with Gasteiger partial charge in [0.1, 0.15) is 12.1 Å². The Balaban J connectivity index is 1.93. The molecular formula is C14H22N4OS. The molecule has 0 aliphatic carbocycles. The van der Waals surface area contributed by atoms with E-state index in [0.29, 0.717) is 11.3 Å². The summed E-state index contributed by atoms with van der Waals surface area (Å²) < 4.78 is 0. The van der Waals surface area contributed by atoms with Crippen LogP contribution in [0.3, 0.4) is 0 Å². The first-order valence-electron chi connectivity index (χ1n) is 6.97. The monoisotopic (exact) mass is 294 g/mol. The van der Waals surface area contributed by atoms with Gasteiger partial charge in [-0.15, -0.1) is 0 Å². The molecule has 1 saturated heterocycles. The van der Waals surface area contributed by atoms with Crippen molar-refractivity contribution in [3.8, 4) is 0 Å². The van der Waals surface area contributed by atoms with Gasteiger partial charge in [0, 0.05) is 37.4 Å². The summed E-state index contributed by atoms with van der Waals surface area (Å²) in [7, 11) is 0. The first-order chi connectivity index (χ1) is 9.60. The second kappa shape index (κ2) is 6.92. The third kappa shape index (κ3) is 3.85. The number of thioether (sulfide) groups is 1. The summed E-state index contributed by atoms with van der Waals surface area (Å²) in [5.41, 5.74) is 1.05. The van der Waals surface area contributed by atoms with E-state index >= 15 is 0 Å². The summed E-state index contributed by atoms with van der Waals surface area (Å²) in [4.78, 5) is 21.8. The van der Waals surface area contributed by atoms with Gasteiger partial charge >= 0.3 is 0 Å². The number of piperidine rings is 1. The normalized spacial score (nSPS) is 17.9. The minimum Gasteiger partial charge on any atom is -0.367 e. The van der Waals surface area contributed by atoms with Crippen LogP contribution in [-0.2, 0) is 4.79 Å². The number of aromatic nitrogens is 2. The van der Waals surface area contributed by atoms with Crippen LogP contribution in [0.25, 0.3) is 0 Å². The molecule has 2 rings (SSSR count). The van der Waals surface area contributed by atoms with E-state index < -0.39 is 0 Å². The van der Waals surface area contributed by atoms with Gasteiger partial charge in [0.2, 0.25) is 5.91 Å². The summed E-state index contributed by atoms with van der Waals surface area (Å²) in [5, 5.41) is 3.83. The van der Waals surface area contributed by atoms with E-state index in [4.69, 9.17) is 0 Å². The second-order valence-electron chi connectivity index (χ2n) is 5.13. The van der Waals surface area contributed by atoms with E-state index in [0.717, 1.165) is 37.4 Å². The molecule has 0 radical (unpaired) electrons. The zero-order chi connectivity index (χ0) is 14.5. The van der Waals surface area contributed by atoms with Crippen LogP contribution >= 0.6 is 11.8 Å². The average molecular weight is 294 g/mol. The van der Waals surface area contributed by atoms with Gasteiger partial charge in [-0.05, 0) is 26.0 Å². The van der Waals surface area contributed by atoms with Crippen molar-refractivity contribution in [3.05, 3.63) is 18.1 Å². The number of carbonyl (C=O) groups excluding carboxylic acids is 1. The Morgan fingerprint density at radius 2 is 2.15 bits per heavy atom. The Morgan fingerprint density at radius 3 is 2.75 bits per heavy atom. The standard InChI is InChI=1S/C14H22N4OS/c1-10(20-3)13-8-14(16-9-15-13)17-12-4-6-18(7-5-12)11(2)19/h8-10,12H,4-7H2,1-3H3,(H,15,16,17). The third-order valence-electron chi connectivity index (χ3n) is 3.75. The molecule has 1 aromatic rings. The molecule has 0 spiro atoms. The molecule has 5 nitrogen and oxygen atoms in total. The molecular weight excluding hydrogens is 272 g/mol. The number of rotatable bonds is 4. The fourth-order valence-corrected chi connectivity index (χ4v) is 2.71. The van der Waals surface area contributed by atoms with Crippen molar-refractivity contribution in [2.45, 2.75) is 38.0 Å². The molecule has 1 atom stereocenters. The molecule has 1 aliphatic rings. The van der Waals surface area contributed by atoms with E-state index in [1.807, 2.05) is 11.0 Å². The quantitative estimate of drug-likeness (QED) is 0.923. The Bertz CT molecular complexity index is 460. The van der Waals surface area contributed by atoms with Crippen LogP contribution in [-0.4, -0.2) is 46.2 Å². The maximum atomic E-state index is 11.3. The van der Waals surface area contributed by atoms with Gasteiger partial charge in [0.05, 0.1) is 5.69 Å². The van der Waals surface area contributed by atoms with Crippen LogP contribution < -0.4 is 5.32 Å². The lowest BCUT2D eigenvalue weighted by atomic mass is 10.1. The molecule has 6 heteroatoms. The van der Waals surface area contributed by atoms with Crippen molar-refractivity contribution in [1.82, 2.24) is 14.9 Å². The van der Waals surface area contributed by atoms with Crippen LogP contribution in [0.4, 0.5) is 5.82 Å². The minimum atomic E-state index is 0.168. The number of hydrogen-bond acceptors (Lipinski definition) is 5. The van der Waals surface area contributed by atoms with Gasteiger partial charge in [-0.25, -0.2) is 9.97 Å². The van der Waals surface area contributed by atoms with Crippen LogP contribution in [0.1, 0.15) is 37.6 Å². The number of amides is 1. The highest BCUT2D eigenvalue weighted by Crippen LogP contribution is 2.25. The molecule has 0 saturated carbocycles. The molecule has 1 N–H and O–H groups in total. The van der Waals surface area contributed by atoms with E-state index in [1.165, 1.54) is 0 Å². The molecule has 110 valence electrons. The lowest BCUT2D eigenvalue weighted by Crippen LogP contribution is -2.41. The van der Waals surface area contributed by atoms with Crippen LogP contribution in [0.5, 0.6) is 0 Å². The van der Waals surface area contributed by atoms with Crippen LogP contribution in [0, 0.1) is 0 Å². The summed E-state index contributed by atoms with van der Waals surface area (Å²) in [6, 6.07) is 2.41. The van der Waals surface area contributed by atoms with Crippen molar-refractivity contribution in [1.29, 1.82) is 0 Å². The molecule has 1 amide bonds. The van der Waals surface area contributed by atoms with E-state index in [9.17, 15) is 4.79 Å². The SMILES string of the molecule is CSC(C)c1cc(NC2CCN(C(C)=O)CC2)ncn1. The van der Waals surface area contributed by atoms with Crippen molar-refractivity contribution in [2.75, 3.05) is 24.7 Å². The topological polar surface area (TPSA) is 58.1 Å². The number of likely N-dealkylation sites (tertiary alicyclic amines) is 1. The van der Waals surface area contributed by atoms with Crippen LogP contribution in [0.2, 0.25) is 0 Å². The van der Waals surface area contributed by atoms with Gasteiger partial charge in [-0.3, -0.25) is 4.79 Å². The predicted molar refractivity (Wildman–Crippen MR) is 82.9 cm³/mol. The van der Waals surface area contributed by atoms with E-state index in [2.05, 4.69) is 28.5 Å². The summed E-state index contributed by atoms with van der Waals surface area (Å²) in [6.07, 6.45) is 5.64. The Morgan fingerprint density at radius 1 is 1.45 bits per heavy atom. The minimum absolute atomic E-state index is 0.168. The molecule has 20 heavy (non-hydrogen) atoms. The molecule has 1 aromatic heterocycles. The Kier molecular flexibility index (Phi) is 5.23. The summed E-state index contributed by atoms with van der Waals surface area (Å²) in [6.45, 7) is 5.43. The highest BCUT2D eigenvalue weighted by atomic mass is 32.2. The summed E-state index contributed by atoms with van der Waals surface area (Å²) in [5.74, 6) is 1.05. The first-order valence-corrected chi connectivity index (χ1v) is 8.25. The number of carbonyl (C=O) groups is 1. The highest BCUT2D eigenvalue weighted by Gasteiger charge is 2.20. The average Bonchev–Trinajstić information content (AvgIpc) is 2.47.